The van der Waals surface area contributed by atoms with Gasteiger partial charge in [0.25, 0.3) is 0 Å². The summed E-state index contributed by atoms with van der Waals surface area (Å²) in [6.07, 6.45) is 4.02. The van der Waals surface area contributed by atoms with E-state index in [9.17, 15) is 8.42 Å². The molecule has 1 unspecified atom stereocenters. The van der Waals surface area contributed by atoms with E-state index in [-0.39, 0.29) is 11.8 Å². The second-order valence-electron chi connectivity index (χ2n) is 9.23. The monoisotopic (exact) mass is 474 g/mol. The van der Waals surface area contributed by atoms with Crippen molar-refractivity contribution in [1.29, 1.82) is 0 Å². The summed E-state index contributed by atoms with van der Waals surface area (Å²) in [6, 6.07) is 3.77. The number of ether oxygens (including phenoxy) is 1. The van der Waals surface area contributed by atoms with Crippen molar-refractivity contribution in [1.82, 2.24) is 15.0 Å². The van der Waals surface area contributed by atoms with Gasteiger partial charge in [-0.3, -0.25) is 0 Å². The van der Waals surface area contributed by atoms with E-state index in [1.54, 1.807) is 13.0 Å². The highest BCUT2D eigenvalue weighted by Crippen LogP contribution is 2.42. The molecule has 5 rings (SSSR count). The van der Waals surface area contributed by atoms with Crippen LogP contribution in [0.4, 0.5) is 5.82 Å². The highest BCUT2D eigenvalue weighted by molar-refractivity contribution is 7.92. The fourth-order valence-corrected chi connectivity index (χ4v) is 6.99. The second kappa shape index (κ2) is 7.78. The summed E-state index contributed by atoms with van der Waals surface area (Å²) in [7, 11) is -3.31. The number of hydrogen-bond acceptors (Lipinski definition) is 7. The maximum Gasteiger partial charge on any atom is 0.162 e. The number of allylic oxidation sites excluding steroid dienone is 1. The van der Waals surface area contributed by atoms with Crippen molar-refractivity contribution in [3.63, 3.8) is 0 Å². The molecule has 2 aromatic heterocycles. The van der Waals surface area contributed by atoms with Gasteiger partial charge in [0.05, 0.1) is 36.4 Å². The van der Waals surface area contributed by atoms with Gasteiger partial charge in [-0.1, -0.05) is 23.3 Å². The number of halogens is 1. The van der Waals surface area contributed by atoms with Crippen LogP contribution in [-0.2, 0) is 25.7 Å². The molecule has 2 atom stereocenters. The Labute approximate surface area is 193 Å². The molecule has 1 aliphatic carbocycles. The second-order valence-corrected chi connectivity index (χ2v) is 12.2. The minimum Gasteiger partial charge on any atom is -0.377 e. The zero-order valence-electron chi connectivity index (χ0n) is 18.6. The quantitative estimate of drug-likeness (QED) is 0.625. The normalized spacial score (nSPS) is 26.8. The zero-order valence-corrected chi connectivity index (χ0v) is 20.1. The van der Waals surface area contributed by atoms with E-state index in [0.717, 1.165) is 29.1 Å². The van der Waals surface area contributed by atoms with Crippen LogP contribution in [0.2, 0.25) is 5.15 Å². The lowest BCUT2D eigenvalue weighted by Gasteiger charge is -2.35. The molecule has 0 N–H and O–H groups in total. The number of nitrogens with zero attached hydrogens (tertiary/aromatic N) is 4. The molecule has 2 fully saturated rings. The van der Waals surface area contributed by atoms with Gasteiger partial charge < -0.3 is 9.64 Å². The maximum absolute atomic E-state index is 13.0. The fourth-order valence-electron chi connectivity index (χ4n) is 4.92. The molecule has 2 aliphatic heterocycles. The first-order valence-electron chi connectivity index (χ1n) is 11.0. The number of morpholine rings is 1. The van der Waals surface area contributed by atoms with Crippen LogP contribution in [0.5, 0.6) is 0 Å². The first-order valence-corrected chi connectivity index (χ1v) is 13.0. The molecule has 2 saturated heterocycles. The number of anilines is 1. The first-order chi connectivity index (χ1) is 15.2. The lowest BCUT2D eigenvalue weighted by atomic mass is 10.00. The van der Waals surface area contributed by atoms with Crippen LogP contribution in [0.1, 0.15) is 50.6 Å². The maximum atomic E-state index is 13.0. The lowest BCUT2D eigenvalue weighted by molar-refractivity contribution is 0.0985. The standard InChI is InChI=1S/C23H27ClN4O3S/c1-14-9-16-17(11-20(24)25-18(16)10-14)22-26-19(23(3)5-4-8-32(23,29)30)12-21(27-22)28-6-7-31-13-15(28)2/h9,11-12,15H,4-8,10,13H2,1-3H3/t15-,23?/m1/s1. The van der Waals surface area contributed by atoms with Crippen molar-refractivity contribution in [3.05, 3.63) is 39.8 Å². The van der Waals surface area contributed by atoms with Crippen molar-refractivity contribution in [2.75, 3.05) is 30.4 Å². The molecule has 0 aromatic carbocycles. The molecule has 170 valence electrons. The Kier molecular flexibility index (Phi) is 5.30. The Hall–Kier alpha value is -2.03. The highest BCUT2D eigenvalue weighted by atomic mass is 35.5. The number of aromatic nitrogens is 3. The molecular weight excluding hydrogens is 448 g/mol. The van der Waals surface area contributed by atoms with Crippen LogP contribution >= 0.6 is 11.6 Å². The van der Waals surface area contributed by atoms with Gasteiger partial charge in [-0.05, 0) is 39.7 Å². The van der Waals surface area contributed by atoms with Crippen LogP contribution in [0, 0.1) is 0 Å². The minimum absolute atomic E-state index is 0.126. The van der Waals surface area contributed by atoms with E-state index in [1.165, 1.54) is 5.57 Å². The van der Waals surface area contributed by atoms with Crippen molar-refractivity contribution in [2.45, 2.75) is 50.8 Å². The average Bonchev–Trinajstić information content (AvgIpc) is 3.25. The zero-order chi connectivity index (χ0) is 22.7. The highest BCUT2D eigenvalue weighted by Gasteiger charge is 2.47. The molecule has 0 saturated carbocycles. The summed E-state index contributed by atoms with van der Waals surface area (Å²) >= 11 is 6.36. The fraction of sp³-hybridized carbons (Fsp3) is 0.522. The van der Waals surface area contributed by atoms with Crippen LogP contribution in [0.25, 0.3) is 17.5 Å². The summed E-state index contributed by atoms with van der Waals surface area (Å²) in [5, 5.41) is 0.386. The van der Waals surface area contributed by atoms with E-state index in [2.05, 4.69) is 29.8 Å². The van der Waals surface area contributed by atoms with Crippen LogP contribution < -0.4 is 4.90 Å². The molecule has 7 nitrogen and oxygen atoms in total. The number of pyridine rings is 1. The van der Waals surface area contributed by atoms with E-state index in [0.29, 0.717) is 49.3 Å². The van der Waals surface area contributed by atoms with Crippen molar-refractivity contribution < 1.29 is 13.2 Å². The molecule has 3 aliphatic rings. The topological polar surface area (TPSA) is 85.3 Å². The van der Waals surface area contributed by atoms with E-state index < -0.39 is 14.6 Å². The molecule has 32 heavy (non-hydrogen) atoms. The van der Waals surface area contributed by atoms with Gasteiger partial charge in [0.1, 0.15) is 15.7 Å². The van der Waals surface area contributed by atoms with Crippen molar-refractivity contribution in [3.8, 4) is 11.4 Å². The van der Waals surface area contributed by atoms with Crippen LogP contribution in [0.15, 0.2) is 17.7 Å². The number of hydrogen-bond donors (Lipinski definition) is 0. The van der Waals surface area contributed by atoms with Gasteiger partial charge in [0.15, 0.2) is 15.7 Å². The van der Waals surface area contributed by atoms with Gasteiger partial charge in [0, 0.05) is 30.2 Å². The third-order valence-electron chi connectivity index (χ3n) is 6.85. The average molecular weight is 475 g/mol. The van der Waals surface area contributed by atoms with Crippen LogP contribution in [0.3, 0.4) is 0 Å². The summed E-state index contributed by atoms with van der Waals surface area (Å²) in [5.74, 6) is 1.40. The van der Waals surface area contributed by atoms with Gasteiger partial charge >= 0.3 is 0 Å². The van der Waals surface area contributed by atoms with Crippen LogP contribution in [-0.4, -0.2) is 54.9 Å². The molecule has 0 bridgehead atoms. The lowest BCUT2D eigenvalue weighted by Crippen LogP contribution is -2.44. The van der Waals surface area contributed by atoms with Crippen molar-refractivity contribution in [2.24, 2.45) is 0 Å². The Morgan fingerprint density at radius 1 is 1.25 bits per heavy atom. The molecule has 2 aromatic rings. The summed E-state index contributed by atoms with van der Waals surface area (Å²) in [4.78, 5) is 16.4. The molecule has 0 spiro atoms. The van der Waals surface area contributed by atoms with Gasteiger partial charge in [-0.2, -0.15) is 0 Å². The Bertz CT molecular complexity index is 1230. The molecule has 4 heterocycles. The SMILES string of the molecule is CC1=Cc2c(-c3nc(N4CCOC[C@H]4C)cc(C4(C)CCCS4(=O)=O)n3)cc(Cl)nc2C1. The third-order valence-corrected chi connectivity index (χ3v) is 9.66. The smallest absolute Gasteiger partial charge is 0.162 e. The Morgan fingerprint density at radius 3 is 2.78 bits per heavy atom. The molecular formula is C23H27ClN4O3S. The van der Waals surface area contributed by atoms with E-state index in [1.807, 2.05) is 6.07 Å². The molecule has 0 radical (unpaired) electrons. The van der Waals surface area contributed by atoms with E-state index >= 15 is 0 Å². The Morgan fingerprint density at radius 2 is 2.06 bits per heavy atom. The van der Waals surface area contributed by atoms with Gasteiger partial charge in [-0.15, -0.1) is 0 Å². The summed E-state index contributed by atoms with van der Waals surface area (Å²) < 4.78 is 30.6. The number of sulfone groups is 1. The predicted octanol–water partition coefficient (Wildman–Crippen LogP) is 3.80. The summed E-state index contributed by atoms with van der Waals surface area (Å²) in [5.41, 5.74) is 4.40. The largest absolute Gasteiger partial charge is 0.377 e. The molecule has 9 heteroatoms. The first kappa shape index (κ1) is 21.8. The minimum atomic E-state index is -3.31. The third kappa shape index (κ3) is 3.53. The van der Waals surface area contributed by atoms with Gasteiger partial charge in [-0.25, -0.2) is 23.4 Å². The number of fused-ring (bicyclic) bond motifs is 1. The number of rotatable bonds is 3. The van der Waals surface area contributed by atoms with E-state index in [4.69, 9.17) is 26.3 Å². The Balaban J connectivity index is 1.73. The van der Waals surface area contributed by atoms with Crippen molar-refractivity contribution >= 4 is 33.3 Å². The summed E-state index contributed by atoms with van der Waals surface area (Å²) in [6.45, 7) is 7.83. The predicted molar refractivity (Wildman–Crippen MR) is 126 cm³/mol. The molecule has 0 amide bonds. The van der Waals surface area contributed by atoms with Gasteiger partial charge in [0.2, 0.25) is 0 Å².